The number of hydrogen-bond donors (Lipinski definition) is 1. The van der Waals surface area contributed by atoms with Crippen LogP contribution < -0.4 is 10.9 Å². The molecule has 2 heterocycles. The molecule has 0 aliphatic heterocycles. The van der Waals surface area contributed by atoms with Gasteiger partial charge in [0.15, 0.2) is 5.16 Å². The lowest BCUT2D eigenvalue weighted by Gasteiger charge is -2.14. The molecule has 2 aromatic heterocycles. The van der Waals surface area contributed by atoms with Crippen LogP contribution >= 0.6 is 39.0 Å². The Kier molecular flexibility index (Phi) is 6.97. The summed E-state index contributed by atoms with van der Waals surface area (Å²) >= 11 is 6.00. The fraction of sp³-hybridized carbons (Fsp3) is 0.240. The summed E-state index contributed by atoms with van der Waals surface area (Å²) in [5.41, 5.74) is 0.723. The van der Waals surface area contributed by atoms with Gasteiger partial charge < -0.3 is 5.32 Å². The number of carbonyl (C=O) groups excluding carboxylic acids is 1. The summed E-state index contributed by atoms with van der Waals surface area (Å²) in [5, 5.41) is 3.49. The topological polar surface area (TPSA) is 64.0 Å². The molecule has 0 saturated heterocycles. The second-order valence-corrected chi connectivity index (χ2v) is 11.3. The molecule has 1 aliphatic carbocycles. The number of fused-ring (bicyclic) bond motifs is 3. The number of amides is 1. The van der Waals surface area contributed by atoms with Gasteiger partial charge in [0.2, 0.25) is 5.91 Å². The molecule has 1 amide bonds. The largest absolute Gasteiger partial charge is 0.416 e. The fourth-order valence-corrected chi connectivity index (χ4v) is 6.58. The molecular weight excluding hydrogens is 575 g/mol. The van der Waals surface area contributed by atoms with Gasteiger partial charge in [-0.25, -0.2) is 4.98 Å². The van der Waals surface area contributed by atoms with Crippen LogP contribution in [0, 0.1) is 0 Å². The first-order valence-electron chi connectivity index (χ1n) is 11.1. The highest BCUT2D eigenvalue weighted by Crippen LogP contribution is 2.35. The summed E-state index contributed by atoms with van der Waals surface area (Å²) in [6.07, 6.45) is -0.620. The second kappa shape index (κ2) is 10.0. The van der Waals surface area contributed by atoms with Gasteiger partial charge in [-0.1, -0.05) is 33.8 Å². The van der Waals surface area contributed by atoms with Gasteiger partial charge in [0, 0.05) is 15.0 Å². The zero-order valence-corrected chi connectivity index (χ0v) is 21.9. The predicted octanol–water partition coefficient (Wildman–Crippen LogP) is 6.84. The van der Waals surface area contributed by atoms with Gasteiger partial charge in [-0.2, -0.15) is 13.2 Å². The van der Waals surface area contributed by atoms with E-state index in [1.165, 1.54) is 32.9 Å². The van der Waals surface area contributed by atoms with Crippen molar-refractivity contribution in [3.05, 3.63) is 79.4 Å². The first kappa shape index (κ1) is 25.0. The van der Waals surface area contributed by atoms with Crippen LogP contribution in [-0.4, -0.2) is 21.2 Å². The number of hydrogen-bond acceptors (Lipinski definition) is 5. The first-order chi connectivity index (χ1) is 17.2. The van der Waals surface area contributed by atoms with Gasteiger partial charge in [0.05, 0.1) is 22.4 Å². The maximum atomic E-state index is 13.7. The van der Waals surface area contributed by atoms with Crippen molar-refractivity contribution in [3.8, 4) is 5.69 Å². The van der Waals surface area contributed by atoms with Crippen LogP contribution in [0.3, 0.4) is 0 Å². The SMILES string of the molecule is O=C(CSc1nc2sc3c(c2c(=O)n1-c1ccc(Br)cc1)CCCC3)Nc1cccc(C(F)(F)F)c1. The molecule has 5 nitrogen and oxygen atoms in total. The van der Waals surface area contributed by atoms with E-state index in [1.807, 2.05) is 12.1 Å². The smallest absolute Gasteiger partial charge is 0.325 e. The molecular formula is C25H19BrF3N3O2S2. The van der Waals surface area contributed by atoms with Crippen LogP contribution in [0.1, 0.15) is 28.8 Å². The second-order valence-electron chi connectivity index (χ2n) is 8.32. The summed E-state index contributed by atoms with van der Waals surface area (Å²) in [7, 11) is 0. The van der Waals surface area contributed by atoms with Gasteiger partial charge in [-0.05, 0) is 73.7 Å². The molecule has 0 radical (unpaired) electrons. The Morgan fingerprint density at radius 1 is 1.14 bits per heavy atom. The van der Waals surface area contributed by atoms with E-state index < -0.39 is 17.6 Å². The summed E-state index contributed by atoms with van der Waals surface area (Å²) in [5.74, 6) is -0.628. The molecule has 2 aromatic carbocycles. The Morgan fingerprint density at radius 3 is 2.64 bits per heavy atom. The number of thioether (sulfide) groups is 1. The lowest BCUT2D eigenvalue weighted by Crippen LogP contribution is -2.23. The Hall–Kier alpha value is -2.63. The number of carbonyl (C=O) groups is 1. The number of anilines is 1. The van der Waals surface area contributed by atoms with Crippen molar-refractivity contribution in [1.82, 2.24) is 9.55 Å². The van der Waals surface area contributed by atoms with Crippen molar-refractivity contribution in [1.29, 1.82) is 0 Å². The minimum absolute atomic E-state index is 0.0510. The van der Waals surface area contributed by atoms with E-state index in [0.29, 0.717) is 21.1 Å². The number of alkyl halides is 3. The van der Waals surface area contributed by atoms with E-state index in [9.17, 15) is 22.8 Å². The highest BCUT2D eigenvalue weighted by Gasteiger charge is 2.30. The van der Waals surface area contributed by atoms with E-state index in [2.05, 4.69) is 21.2 Å². The first-order valence-corrected chi connectivity index (χ1v) is 13.7. The number of aryl methyl sites for hydroxylation is 2. The van der Waals surface area contributed by atoms with E-state index in [1.54, 1.807) is 12.1 Å². The normalized spacial score (nSPS) is 13.6. The molecule has 1 N–H and O–H groups in total. The summed E-state index contributed by atoms with van der Waals surface area (Å²) in [6.45, 7) is 0. The number of thiophene rings is 1. The molecule has 1 aliphatic rings. The molecule has 36 heavy (non-hydrogen) atoms. The third-order valence-electron chi connectivity index (χ3n) is 5.85. The van der Waals surface area contributed by atoms with Crippen LogP contribution in [0.2, 0.25) is 0 Å². The summed E-state index contributed by atoms with van der Waals surface area (Å²) in [6, 6.07) is 11.7. The number of aromatic nitrogens is 2. The van der Waals surface area contributed by atoms with Crippen LogP contribution in [0.25, 0.3) is 15.9 Å². The van der Waals surface area contributed by atoms with Crippen molar-refractivity contribution in [2.75, 3.05) is 11.1 Å². The summed E-state index contributed by atoms with van der Waals surface area (Å²) < 4.78 is 41.4. The monoisotopic (exact) mass is 593 g/mol. The van der Waals surface area contributed by atoms with Crippen LogP contribution in [-0.2, 0) is 23.8 Å². The molecule has 0 spiro atoms. The molecule has 0 atom stereocenters. The lowest BCUT2D eigenvalue weighted by atomic mass is 9.97. The Bertz CT molecular complexity index is 1510. The number of benzene rings is 2. The number of nitrogens with one attached hydrogen (secondary N) is 1. The van der Waals surface area contributed by atoms with Crippen molar-refractivity contribution < 1.29 is 18.0 Å². The van der Waals surface area contributed by atoms with Gasteiger partial charge in [-0.15, -0.1) is 11.3 Å². The van der Waals surface area contributed by atoms with Crippen molar-refractivity contribution >= 4 is 60.8 Å². The van der Waals surface area contributed by atoms with E-state index in [0.717, 1.165) is 59.6 Å². The average molecular weight is 594 g/mol. The predicted molar refractivity (Wildman–Crippen MR) is 140 cm³/mol. The number of halogens is 4. The third kappa shape index (κ3) is 5.09. The Morgan fingerprint density at radius 2 is 1.89 bits per heavy atom. The third-order valence-corrected chi connectivity index (χ3v) is 8.50. The van der Waals surface area contributed by atoms with Gasteiger partial charge >= 0.3 is 6.18 Å². The quantitative estimate of drug-likeness (QED) is 0.203. The maximum absolute atomic E-state index is 13.7. The van der Waals surface area contributed by atoms with E-state index >= 15 is 0 Å². The van der Waals surface area contributed by atoms with E-state index in [-0.39, 0.29) is 17.0 Å². The minimum Gasteiger partial charge on any atom is -0.325 e. The Balaban J connectivity index is 1.47. The summed E-state index contributed by atoms with van der Waals surface area (Å²) in [4.78, 5) is 33.0. The molecule has 0 fully saturated rings. The van der Waals surface area contributed by atoms with Crippen molar-refractivity contribution in [3.63, 3.8) is 0 Å². The Labute approximate surface area is 220 Å². The lowest BCUT2D eigenvalue weighted by molar-refractivity contribution is -0.137. The molecule has 0 bridgehead atoms. The molecule has 186 valence electrons. The van der Waals surface area contributed by atoms with Gasteiger partial charge in [-0.3, -0.25) is 14.2 Å². The average Bonchev–Trinajstić information content (AvgIpc) is 3.22. The van der Waals surface area contributed by atoms with Crippen molar-refractivity contribution in [2.24, 2.45) is 0 Å². The maximum Gasteiger partial charge on any atom is 0.416 e. The molecule has 0 saturated carbocycles. The minimum atomic E-state index is -4.50. The van der Waals surface area contributed by atoms with Gasteiger partial charge in [0.1, 0.15) is 4.83 Å². The highest BCUT2D eigenvalue weighted by atomic mass is 79.9. The number of rotatable bonds is 5. The highest BCUT2D eigenvalue weighted by molar-refractivity contribution is 9.10. The zero-order valence-electron chi connectivity index (χ0n) is 18.7. The van der Waals surface area contributed by atoms with Crippen LogP contribution in [0.15, 0.2) is 63.0 Å². The molecule has 11 heteroatoms. The number of nitrogens with zero attached hydrogens (tertiary/aromatic N) is 2. The van der Waals surface area contributed by atoms with Crippen LogP contribution in [0.5, 0.6) is 0 Å². The van der Waals surface area contributed by atoms with Crippen LogP contribution in [0.4, 0.5) is 18.9 Å². The zero-order chi connectivity index (χ0) is 25.4. The van der Waals surface area contributed by atoms with Crippen molar-refractivity contribution in [2.45, 2.75) is 37.0 Å². The molecule has 0 unspecified atom stereocenters. The molecule has 4 aromatic rings. The standard InChI is InChI=1S/C25H19BrF3N3O2S2/c26-15-8-10-17(11-9-15)32-23(34)21-18-6-1-2-7-19(18)36-22(21)31-24(32)35-13-20(33)30-16-5-3-4-14(12-16)25(27,28)29/h3-5,8-12H,1-2,6-7,13H2,(H,30,33). The van der Waals surface area contributed by atoms with Gasteiger partial charge in [0.25, 0.3) is 5.56 Å². The molecule has 5 rings (SSSR count). The van der Waals surface area contributed by atoms with E-state index in [4.69, 9.17) is 4.98 Å². The fourth-order valence-electron chi connectivity index (χ4n) is 4.20.